The van der Waals surface area contributed by atoms with Gasteiger partial charge in [-0.3, -0.25) is 4.79 Å². The van der Waals surface area contributed by atoms with Crippen LogP contribution in [-0.2, 0) is 10.0 Å². The van der Waals surface area contributed by atoms with Gasteiger partial charge in [-0.05, 0) is 18.2 Å². The van der Waals surface area contributed by atoms with Crippen molar-refractivity contribution in [3.63, 3.8) is 0 Å². The molecular weight excluding hydrogens is 252 g/mol. The maximum absolute atomic E-state index is 11.9. The highest BCUT2D eigenvalue weighted by Crippen LogP contribution is 2.14. The van der Waals surface area contributed by atoms with Crippen LogP contribution < -0.4 is 5.32 Å². The van der Waals surface area contributed by atoms with Gasteiger partial charge in [-0.25, -0.2) is 12.7 Å². The SMILES string of the molecule is C=CCNC(=O)c1cccc(S(=O)(=O)N(C)C)c1. The Morgan fingerprint density at radius 1 is 1.44 bits per heavy atom. The minimum absolute atomic E-state index is 0.0961. The van der Waals surface area contributed by atoms with Gasteiger partial charge < -0.3 is 5.32 Å². The molecular formula is C12H16N2O3S. The van der Waals surface area contributed by atoms with Crippen LogP contribution >= 0.6 is 0 Å². The molecule has 0 saturated heterocycles. The number of hydrogen-bond donors (Lipinski definition) is 1. The monoisotopic (exact) mass is 268 g/mol. The van der Waals surface area contributed by atoms with Gasteiger partial charge >= 0.3 is 0 Å². The summed E-state index contributed by atoms with van der Waals surface area (Å²) in [6, 6.07) is 5.92. The van der Waals surface area contributed by atoms with E-state index in [-0.39, 0.29) is 10.8 Å². The average molecular weight is 268 g/mol. The number of rotatable bonds is 5. The summed E-state index contributed by atoms with van der Waals surface area (Å²) in [6.45, 7) is 3.83. The van der Waals surface area contributed by atoms with Gasteiger partial charge in [0.25, 0.3) is 5.91 Å². The lowest BCUT2D eigenvalue weighted by Gasteiger charge is -2.12. The molecule has 98 valence electrons. The Morgan fingerprint density at radius 2 is 2.11 bits per heavy atom. The summed E-state index contributed by atoms with van der Waals surface area (Å²) in [5, 5.41) is 2.59. The molecule has 5 nitrogen and oxygen atoms in total. The second kappa shape index (κ2) is 5.79. The molecule has 1 aromatic rings. The van der Waals surface area contributed by atoms with E-state index in [1.807, 2.05) is 0 Å². The number of nitrogens with one attached hydrogen (secondary N) is 1. The van der Waals surface area contributed by atoms with Gasteiger partial charge in [-0.2, -0.15) is 0 Å². The van der Waals surface area contributed by atoms with Crippen molar-refractivity contribution in [1.82, 2.24) is 9.62 Å². The molecule has 0 aliphatic carbocycles. The molecule has 6 heteroatoms. The molecule has 0 aliphatic rings. The Labute approximate surface area is 107 Å². The molecule has 0 bridgehead atoms. The third kappa shape index (κ3) is 3.18. The van der Waals surface area contributed by atoms with Crippen molar-refractivity contribution < 1.29 is 13.2 Å². The first-order chi connectivity index (χ1) is 8.39. The Kier molecular flexibility index (Phi) is 4.63. The molecule has 0 saturated carbocycles. The lowest BCUT2D eigenvalue weighted by molar-refractivity contribution is 0.0958. The smallest absolute Gasteiger partial charge is 0.251 e. The third-order valence-corrected chi connectivity index (χ3v) is 4.09. The fourth-order valence-corrected chi connectivity index (χ4v) is 2.22. The summed E-state index contributed by atoms with van der Waals surface area (Å²) in [5.41, 5.74) is 0.305. The maximum Gasteiger partial charge on any atom is 0.251 e. The van der Waals surface area contributed by atoms with Gasteiger partial charge in [-0.15, -0.1) is 6.58 Å². The molecule has 0 heterocycles. The van der Waals surface area contributed by atoms with Crippen LogP contribution in [0.3, 0.4) is 0 Å². The van der Waals surface area contributed by atoms with Gasteiger partial charge in [0.15, 0.2) is 0 Å². The van der Waals surface area contributed by atoms with Crippen LogP contribution in [0.25, 0.3) is 0 Å². The van der Waals surface area contributed by atoms with E-state index in [0.29, 0.717) is 12.1 Å². The maximum atomic E-state index is 11.9. The average Bonchev–Trinajstić information content (AvgIpc) is 2.35. The Balaban J connectivity index is 3.07. The fraction of sp³-hybridized carbons (Fsp3) is 0.250. The first-order valence-electron chi connectivity index (χ1n) is 5.31. The van der Waals surface area contributed by atoms with Gasteiger partial charge in [0.1, 0.15) is 0 Å². The Bertz CT molecular complexity index is 550. The highest BCUT2D eigenvalue weighted by atomic mass is 32.2. The topological polar surface area (TPSA) is 66.5 Å². The van der Waals surface area contributed by atoms with Gasteiger partial charge in [0.05, 0.1) is 4.90 Å². The summed E-state index contributed by atoms with van der Waals surface area (Å²) in [5.74, 6) is -0.328. The summed E-state index contributed by atoms with van der Waals surface area (Å²) < 4.78 is 24.9. The van der Waals surface area contributed by atoms with Crippen molar-refractivity contribution in [1.29, 1.82) is 0 Å². The summed E-state index contributed by atoms with van der Waals surface area (Å²) in [6.07, 6.45) is 1.55. The second-order valence-corrected chi connectivity index (χ2v) is 5.97. The number of nitrogens with zero attached hydrogens (tertiary/aromatic N) is 1. The van der Waals surface area contributed by atoms with Crippen LogP contribution in [-0.4, -0.2) is 39.3 Å². The van der Waals surface area contributed by atoms with Crippen molar-refractivity contribution in [2.75, 3.05) is 20.6 Å². The van der Waals surface area contributed by atoms with Crippen LogP contribution in [0, 0.1) is 0 Å². The number of hydrogen-bond acceptors (Lipinski definition) is 3. The summed E-state index contributed by atoms with van der Waals surface area (Å²) in [4.78, 5) is 11.8. The molecule has 0 aromatic heterocycles. The van der Waals surface area contributed by atoms with Crippen molar-refractivity contribution in [3.8, 4) is 0 Å². The zero-order valence-electron chi connectivity index (χ0n) is 10.4. The van der Waals surface area contributed by atoms with Gasteiger partial charge in [0.2, 0.25) is 10.0 Å². The summed E-state index contributed by atoms with van der Waals surface area (Å²) in [7, 11) is -0.632. The van der Waals surface area contributed by atoms with E-state index in [9.17, 15) is 13.2 Å². The minimum Gasteiger partial charge on any atom is -0.349 e. The number of benzene rings is 1. The van der Waals surface area contributed by atoms with Crippen molar-refractivity contribution >= 4 is 15.9 Å². The van der Waals surface area contributed by atoms with E-state index in [1.165, 1.54) is 26.2 Å². The number of sulfonamides is 1. The predicted molar refractivity (Wildman–Crippen MR) is 69.8 cm³/mol. The third-order valence-electron chi connectivity index (χ3n) is 2.28. The van der Waals surface area contributed by atoms with Crippen LogP contribution in [0.1, 0.15) is 10.4 Å². The van der Waals surface area contributed by atoms with Gasteiger partial charge in [0, 0.05) is 26.2 Å². The molecule has 0 atom stereocenters. The fourth-order valence-electron chi connectivity index (χ4n) is 1.28. The second-order valence-electron chi connectivity index (χ2n) is 3.81. The molecule has 0 unspecified atom stereocenters. The molecule has 0 spiro atoms. The van der Waals surface area contributed by atoms with Crippen molar-refractivity contribution in [3.05, 3.63) is 42.5 Å². The number of carbonyl (C=O) groups excluding carboxylic acids is 1. The zero-order chi connectivity index (χ0) is 13.8. The lowest BCUT2D eigenvalue weighted by Crippen LogP contribution is -2.25. The molecule has 1 N–H and O–H groups in total. The van der Waals surface area contributed by atoms with E-state index in [1.54, 1.807) is 18.2 Å². The first-order valence-corrected chi connectivity index (χ1v) is 6.75. The van der Waals surface area contributed by atoms with Crippen LogP contribution in [0.15, 0.2) is 41.8 Å². The van der Waals surface area contributed by atoms with Gasteiger partial charge in [-0.1, -0.05) is 12.1 Å². The van der Waals surface area contributed by atoms with Crippen molar-refractivity contribution in [2.45, 2.75) is 4.90 Å². The van der Waals surface area contributed by atoms with Crippen LogP contribution in [0.4, 0.5) is 0 Å². The minimum atomic E-state index is -3.52. The van der Waals surface area contributed by atoms with Crippen molar-refractivity contribution in [2.24, 2.45) is 0 Å². The Morgan fingerprint density at radius 3 is 2.67 bits per heavy atom. The Hall–Kier alpha value is -1.66. The van der Waals surface area contributed by atoms with E-state index in [0.717, 1.165) is 4.31 Å². The molecule has 0 radical (unpaired) electrons. The first kappa shape index (κ1) is 14.4. The van der Waals surface area contributed by atoms with Crippen LogP contribution in [0.2, 0.25) is 0 Å². The van der Waals surface area contributed by atoms with E-state index >= 15 is 0 Å². The quantitative estimate of drug-likeness (QED) is 0.805. The number of amides is 1. The highest BCUT2D eigenvalue weighted by molar-refractivity contribution is 7.89. The standard InChI is InChI=1S/C12H16N2O3S/c1-4-8-13-12(15)10-6-5-7-11(9-10)18(16,17)14(2)3/h4-7,9H,1,8H2,2-3H3,(H,13,15). The summed E-state index contributed by atoms with van der Waals surface area (Å²) >= 11 is 0. The van der Waals surface area contributed by atoms with Crippen LogP contribution in [0.5, 0.6) is 0 Å². The largest absolute Gasteiger partial charge is 0.349 e. The van der Waals surface area contributed by atoms with E-state index < -0.39 is 10.0 Å². The molecule has 0 fully saturated rings. The molecule has 0 aliphatic heterocycles. The highest BCUT2D eigenvalue weighted by Gasteiger charge is 2.18. The van der Waals surface area contributed by atoms with E-state index in [2.05, 4.69) is 11.9 Å². The lowest BCUT2D eigenvalue weighted by atomic mass is 10.2. The molecule has 1 aromatic carbocycles. The zero-order valence-corrected chi connectivity index (χ0v) is 11.2. The molecule has 18 heavy (non-hydrogen) atoms. The predicted octanol–water partition coefficient (Wildman–Crippen LogP) is 0.853. The van der Waals surface area contributed by atoms with E-state index in [4.69, 9.17) is 0 Å². The number of carbonyl (C=O) groups is 1. The molecule has 1 rings (SSSR count). The normalized spacial score (nSPS) is 11.3. The molecule has 1 amide bonds.